The summed E-state index contributed by atoms with van der Waals surface area (Å²) >= 11 is 0. The number of aliphatic hydroxyl groups excluding tert-OH is 1. The van der Waals surface area contributed by atoms with Crippen LogP contribution in [-0.4, -0.2) is 36.2 Å². The molecule has 2 atom stereocenters. The number of carbonyl (C=O) groups excluding carboxylic acids is 1. The van der Waals surface area contributed by atoms with Gasteiger partial charge in [-0.05, 0) is 16.8 Å². The average molecular weight is 327 g/mol. The van der Waals surface area contributed by atoms with E-state index in [4.69, 9.17) is 4.74 Å². The quantitative estimate of drug-likeness (QED) is 0.920. The van der Waals surface area contributed by atoms with Crippen LogP contribution in [-0.2, 0) is 4.79 Å². The van der Waals surface area contributed by atoms with Gasteiger partial charge in [0.15, 0.2) is 0 Å². The first kappa shape index (κ1) is 16.8. The number of carbonyl (C=O) groups is 1. The highest BCUT2D eigenvalue weighted by Gasteiger charge is 2.39. The van der Waals surface area contributed by atoms with E-state index in [1.807, 2.05) is 52.1 Å². The number of aliphatic hydroxyl groups is 1. The lowest BCUT2D eigenvalue weighted by Gasteiger charge is -2.41. The fourth-order valence-electron chi connectivity index (χ4n) is 3.55. The molecule has 1 N–H and O–H groups in total. The van der Waals surface area contributed by atoms with Crippen molar-refractivity contribution in [3.8, 4) is 5.75 Å². The van der Waals surface area contributed by atoms with Gasteiger partial charge in [-0.3, -0.25) is 4.79 Å². The van der Waals surface area contributed by atoms with Crippen molar-refractivity contribution in [1.82, 2.24) is 4.90 Å². The highest BCUT2D eigenvalue weighted by Crippen LogP contribution is 2.43. The Morgan fingerprint density at radius 1 is 1.25 bits per heavy atom. The van der Waals surface area contributed by atoms with Gasteiger partial charge < -0.3 is 14.7 Å². The summed E-state index contributed by atoms with van der Waals surface area (Å²) in [6.45, 7) is 6.15. The molecule has 4 heteroatoms. The van der Waals surface area contributed by atoms with Crippen molar-refractivity contribution < 1.29 is 14.6 Å². The van der Waals surface area contributed by atoms with Crippen LogP contribution in [0.25, 0.3) is 10.8 Å². The molecule has 2 aromatic rings. The minimum atomic E-state index is -0.474. The molecule has 128 valence electrons. The van der Waals surface area contributed by atoms with Crippen molar-refractivity contribution in [3.63, 3.8) is 0 Å². The van der Waals surface area contributed by atoms with E-state index in [2.05, 4.69) is 12.1 Å². The second-order valence-corrected chi connectivity index (χ2v) is 7.56. The Hall–Kier alpha value is -2.07. The molecule has 0 fully saturated rings. The van der Waals surface area contributed by atoms with E-state index in [1.165, 1.54) is 0 Å². The van der Waals surface area contributed by atoms with E-state index in [0.717, 1.165) is 22.1 Å². The SMILES string of the molecule is CN(C(=O)C(C)(C)C)[C@@H]1c2c(ccc3ccccc23)OC[C@H]1CO. The Morgan fingerprint density at radius 2 is 1.96 bits per heavy atom. The predicted octanol–water partition coefficient (Wildman–Crippen LogP) is 3.39. The second-order valence-electron chi connectivity index (χ2n) is 7.56. The summed E-state index contributed by atoms with van der Waals surface area (Å²) in [7, 11) is 1.83. The standard InChI is InChI=1S/C20H25NO3/c1-20(2,3)19(23)21(4)18-14(11-22)12-24-16-10-9-13-7-5-6-8-15(13)17(16)18/h5-10,14,18,22H,11-12H2,1-4H3/t14-,18+/m1/s1. The van der Waals surface area contributed by atoms with Gasteiger partial charge >= 0.3 is 0 Å². The third-order valence-electron chi connectivity index (χ3n) is 4.74. The molecule has 1 heterocycles. The zero-order valence-electron chi connectivity index (χ0n) is 14.7. The van der Waals surface area contributed by atoms with Crippen LogP contribution in [0.15, 0.2) is 36.4 Å². The number of ether oxygens (including phenoxy) is 1. The second kappa shape index (κ2) is 6.10. The van der Waals surface area contributed by atoms with Crippen LogP contribution < -0.4 is 4.74 Å². The topological polar surface area (TPSA) is 49.8 Å². The monoisotopic (exact) mass is 327 g/mol. The molecule has 0 radical (unpaired) electrons. The Labute approximate surface area is 143 Å². The molecule has 1 aliphatic heterocycles. The van der Waals surface area contributed by atoms with Crippen molar-refractivity contribution in [1.29, 1.82) is 0 Å². The van der Waals surface area contributed by atoms with E-state index in [9.17, 15) is 9.90 Å². The molecule has 0 spiro atoms. The summed E-state index contributed by atoms with van der Waals surface area (Å²) < 4.78 is 5.88. The van der Waals surface area contributed by atoms with E-state index in [-0.39, 0.29) is 24.5 Å². The van der Waals surface area contributed by atoms with E-state index in [1.54, 1.807) is 4.90 Å². The summed E-state index contributed by atoms with van der Waals surface area (Å²) in [5.41, 5.74) is 0.524. The first-order chi connectivity index (χ1) is 11.3. The lowest BCUT2D eigenvalue weighted by Crippen LogP contribution is -2.45. The highest BCUT2D eigenvalue weighted by molar-refractivity contribution is 5.89. The maximum atomic E-state index is 12.9. The van der Waals surface area contributed by atoms with E-state index >= 15 is 0 Å². The first-order valence-electron chi connectivity index (χ1n) is 8.37. The number of hydrogen-bond donors (Lipinski definition) is 1. The molecular formula is C20H25NO3. The van der Waals surface area contributed by atoms with Crippen molar-refractivity contribution in [2.24, 2.45) is 11.3 Å². The van der Waals surface area contributed by atoms with Crippen LogP contribution >= 0.6 is 0 Å². The number of rotatable bonds is 2. The van der Waals surface area contributed by atoms with Crippen LogP contribution in [0, 0.1) is 11.3 Å². The predicted molar refractivity (Wildman–Crippen MR) is 95.0 cm³/mol. The van der Waals surface area contributed by atoms with Crippen LogP contribution in [0.1, 0.15) is 32.4 Å². The van der Waals surface area contributed by atoms with Gasteiger partial charge in [-0.2, -0.15) is 0 Å². The molecule has 4 nitrogen and oxygen atoms in total. The summed E-state index contributed by atoms with van der Waals surface area (Å²) in [4.78, 5) is 14.7. The number of nitrogens with zero attached hydrogens (tertiary/aromatic N) is 1. The Balaban J connectivity index is 2.18. The fourth-order valence-corrected chi connectivity index (χ4v) is 3.55. The van der Waals surface area contributed by atoms with Crippen molar-refractivity contribution in [2.75, 3.05) is 20.3 Å². The largest absolute Gasteiger partial charge is 0.493 e. The van der Waals surface area contributed by atoms with Gasteiger partial charge in [-0.15, -0.1) is 0 Å². The van der Waals surface area contributed by atoms with Crippen molar-refractivity contribution in [2.45, 2.75) is 26.8 Å². The first-order valence-corrected chi connectivity index (χ1v) is 8.37. The number of amides is 1. The van der Waals surface area contributed by atoms with Gasteiger partial charge in [-0.25, -0.2) is 0 Å². The minimum Gasteiger partial charge on any atom is -0.493 e. The Kier molecular flexibility index (Phi) is 4.26. The number of fused-ring (bicyclic) bond motifs is 3. The lowest BCUT2D eigenvalue weighted by molar-refractivity contribution is -0.142. The third kappa shape index (κ3) is 2.75. The molecule has 0 aliphatic carbocycles. The van der Waals surface area contributed by atoms with Gasteiger partial charge in [0.05, 0.1) is 19.3 Å². The molecular weight excluding hydrogens is 302 g/mol. The summed E-state index contributed by atoms with van der Waals surface area (Å²) in [6, 6.07) is 11.9. The smallest absolute Gasteiger partial charge is 0.228 e. The average Bonchev–Trinajstić information content (AvgIpc) is 2.58. The molecule has 0 unspecified atom stereocenters. The zero-order chi connectivity index (χ0) is 17.5. The number of hydrogen-bond acceptors (Lipinski definition) is 3. The van der Waals surface area contributed by atoms with Gasteiger partial charge in [0.1, 0.15) is 5.75 Å². The maximum Gasteiger partial charge on any atom is 0.228 e. The Bertz CT molecular complexity index is 763. The third-order valence-corrected chi connectivity index (χ3v) is 4.74. The molecule has 1 aliphatic rings. The van der Waals surface area contributed by atoms with Crippen molar-refractivity contribution >= 4 is 16.7 Å². The highest BCUT2D eigenvalue weighted by atomic mass is 16.5. The van der Waals surface area contributed by atoms with Gasteiger partial charge in [-0.1, -0.05) is 51.1 Å². The lowest BCUT2D eigenvalue weighted by atomic mass is 9.85. The fraction of sp³-hybridized carbons (Fsp3) is 0.450. The molecule has 1 amide bonds. The molecule has 2 aromatic carbocycles. The van der Waals surface area contributed by atoms with Crippen LogP contribution in [0.5, 0.6) is 5.75 Å². The van der Waals surface area contributed by atoms with Crippen LogP contribution in [0.2, 0.25) is 0 Å². The van der Waals surface area contributed by atoms with E-state index < -0.39 is 5.41 Å². The Morgan fingerprint density at radius 3 is 2.62 bits per heavy atom. The molecule has 0 saturated heterocycles. The van der Waals surface area contributed by atoms with Gasteiger partial charge in [0, 0.05) is 23.9 Å². The number of benzene rings is 2. The summed E-state index contributed by atoms with van der Waals surface area (Å²) in [5, 5.41) is 12.1. The minimum absolute atomic E-state index is 0.0188. The van der Waals surface area contributed by atoms with E-state index in [0.29, 0.717) is 6.61 Å². The summed E-state index contributed by atoms with van der Waals surface area (Å²) in [6.07, 6.45) is 0. The molecule has 0 aromatic heterocycles. The molecule has 24 heavy (non-hydrogen) atoms. The molecule has 0 bridgehead atoms. The van der Waals surface area contributed by atoms with Crippen LogP contribution in [0.3, 0.4) is 0 Å². The summed E-state index contributed by atoms with van der Waals surface area (Å²) in [5.74, 6) is 0.725. The van der Waals surface area contributed by atoms with Crippen molar-refractivity contribution in [3.05, 3.63) is 42.0 Å². The normalized spacial score (nSPS) is 20.4. The molecule has 3 rings (SSSR count). The van der Waals surface area contributed by atoms with Gasteiger partial charge in [0.25, 0.3) is 0 Å². The van der Waals surface area contributed by atoms with Crippen LogP contribution in [0.4, 0.5) is 0 Å². The maximum absolute atomic E-state index is 12.9. The van der Waals surface area contributed by atoms with Gasteiger partial charge in [0.2, 0.25) is 5.91 Å². The zero-order valence-corrected chi connectivity index (χ0v) is 14.7. The molecule has 0 saturated carbocycles.